The molecule has 6 fully saturated rings. The number of nitrogens with one attached hydrogen (secondary N) is 1. The fourth-order valence-corrected chi connectivity index (χ4v) is 7.83. The Bertz CT molecular complexity index is 1530. The van der Waals surface area contributed by atoms with E-state index in [4.69, 9.17) is 23.7 Å². The minimum Gasteiger partial charge on any atom is -0.394 e. The van der Waals surface area contributed by atoms with E-state index in [0.717, 1.165) is 22.2 Å². The van der Waals surface area contributed by atoms with Crippen molar-refractivity contribution < 1.29 is 54.0 Å². The maximum atomic E-state index is 13.3. The predicted octanol–water partition coefficient (Wildman–Crippen LogP) is 1.02. The van der Waals surface area contributed by atoms with Gasteiger partial charge >= 0.3 is 0 Å². The van der Waals surface area contributed by atoms with E-state index in [1.54, 1.807) is 6.08 Å². The Kier molecular flexibility index (Phi) is 11.6. The maximum absolute atomic E-state index is 13.3. The average molecular weight is 699 g/mol. The van der Waals surface area contributed by atoms with Crippen LogP contribution in [0.4, 0.5) is 5.69 Å². The number of carbonyl (C=O) groups excluding carboxylic acids is 1. The van der Waals surface area contributed by atoms with Gasteiger partial charge in [-0.25, -0.2) is 0 Å². The number of aliphatic hydroxyl groups excluding tert-OH is 5. The lowest BCUT2D eigenvalue weighted by atomic mass is 9.81. The van der Waals surface area contributed by atoms with E-state index < -0.39 is 74.4 Å². The number of benzene rings is 2. The molecule has 4 bridgehead atoms. The summed E-state index contributed by atoms with van der Waals surface area (Å²) in [6.45, 7) is 8.05. The average Bonchev–Trinajstić information content (AvgIpc) is 3.33. The van der Waals surface area contributed by atoms with E-state index in [0.29, 0.717) is 25.8 Å². The summed E-state index contributed by atoms with van der Waals surface area (Å²) in [5.74, 6) is -0.155. The Morgan fingerprint density at radius 2 is 1.78 bits per heavy atom. The van der Waals surface area contributed by atoms with E-state index >= 15 is 0 Å². The van der Waals surface area contributed by atoms with Gasteiger partial charge in [-0.3, -0.25) is 4.79 Å². The Balaban J connectivity index is 1.08. The molecule has 274 valence electrons. The van der Waals surface area contributed by atoms with Gasteiger partial charge in [-0.05, 0) is 47.7 Å². The summed E-state index contributed by atoms with van der Waals surface area (Å²) in [6, 6.07) is 12.4. The zero-order chi connectivity index (χ0) is 35.6. The van der Waals surface area contributed by atoms with Crippen molar-refractivity contribution in [1.29, 1.82) is 0 Å². The minimum atomic E-state index is -1.54. The number of fused-ring (bicyclic) bond motifs is 3. The van der Waals surface area contributed by atoms with Crippen LogP contribution in [0.1, 0.15) is 38.7 Å². The fourth-order valence-electron chi connectivity index (χ4n) is 7.83. The molecule has 7 aliphatic rings. The molecule has 0 radical (unpaired) electrons. The van der Waals surface area contributed by atoms with E-state index in [2.05, 4.69) is 50.0 Å². The van der Waals surface area contributed by atoms with Gasteiger partial charge in [-0.15, -0.1) is 0 Å². The highest BCUT2D eigenvalue weighted by molar-refractivity contribution is 5.96. The van der Waals surface area contributed by atoms with Gasteiger partial charge < -0.3 is 59.4 Å². The number of amides is 1. The van der Waals surface area contributed by atoms with Crippen molar-refractivity contribution >= 4 is 22.4 Å². The molecule has 13 heteroatoms. The fraction of sp³-hybridized carbons (Fsp3) is 0.595. The second-order valence-corrected chi connectivity index (χ2v) is 13.9. The van der Waals surface area contributed by atoms with Crippen LogP contribution in [0.3, 0.4) is 0 Å². The largest absolute Gasteiger partial charge is 0.394 e. The van der Waals surface area contributed by atoms with Crippen LogP contribution in [0.15, 0.2) is 60.8 Å². The van der Waals surface area contributed by atoms with Crippen molar-refractivity contribution in [2.45, 2.75) is 99.8 Å². The van der Waals surface area contributed by atoms with E-state index in [1.807, 2.05) is 23.1 Å². The summed E-state index contributed by atoms with van der Waals surface area (Å²) in [4.78, 5) is 15.3. The van der Waals surface area contributed by atoms with Crippen molar-refractivity contribution in [2.24, 2.45) is 0 Å². The third-order valence-electron chi connectivity index (χ3n) is 10.3. The van der Waals surface area contributed by atoms with Gasteiger partial charge in [0.15, 0.2) is 6.29 Å². The molecule has 2 aromatic rings. The lowest BCUT2D eigenvalue weighted by Crippen LogP contribution is -2.64. The lowest BCUT2D eigenvalue weighted by molar-refractivity contribution is -0.344. The van der Waals surface area contributed by atoms with Gasteiger partial charge in [0.2, 0.25) is 5.91 Å². The number of hydrogen-bond acceptors (Lipinski definition) is 12. The molecule has 7 aliphatic heterocycles. The zero-order valence-electron chi connectivity index (χ0n) is 28.6. The molecule has 0 aliphatic carbocycles. The Morgan fingerprint density at radius 3 is 2.54 bits per heavy atom. The molecule has 1 unspecified atom stereocenters. The van der Waals surface area contributed by atoms with Crippen molar-refractivity contribution in [3.8, 4) is 0 Å². The van der Waals surface area contributed by atoms with Crippen LogP contribution < -0.4 is 10.2 Å². The standard InChI is InChI=1S/C37H50N2O11/c1-4-9-27-37(2,3)29-22-11-6-5-10-21(22)13-14-23(29)39(27)18-28(42)38-15-8-17-47-33-24-12-7-16-46-34-25(19-40)49-36(31(44)30(34)43)50-35(32(33)45)26(20-41)48-24/h4-6,9-11,13-14,24-26,30-36,40-41,43-45H,1,7-8,12,15-20H2,2-3H3,(H,38,42)/b27-9+/t24-,25-,26-,30-,31-,32-,33+,34-,35?,36-/m1/s1. The lowest BCUT2D eigenvalue weighted by Gasteiger charge is -2.47. The number of aliphatic hydroxyl groups is 5. The van der Waals surface area contributed by atoms with E-state index in [1.165, 1.54) is 5.56 Å². The second-order valence-electron chi connectivity index (χ2n) is 13.9. The molecular weight excluding hydrogens is 648 g/mol. The number of allylic oxidation sites excluding steroid dienone is 3. The zero-order valence-corrected chi connectivity index (χ0v) is 28.6. The summed E-state index contributed by atoms with van der Waals surface area (Å²) >= 11 is 0. The molecule has 0 saturated carbocycles. The summed E-state index contributed by atoms with van der Waals surface area (Å²) in [5, 5.41) is 58.2. The van der Waals surface area contributed by atoms with Crippen molar-refractivity contribution in [2.75, 3.05) is 44.4 Å². The topological polar surface area (TPSA) is 180 Å². The molecular formula is C37H50N2O11. The van der Waals surface area contributed by atoms with Gasteiger partial charge in [0.05, 0.1) is 19.3 Å². The third kappa shape index (κ3) is 7.09. The summed E-state index contributed by atoms with van der Waals surface area (Å²) < 4.78 is 29.7. The molecule has 0 spiro atoms. The number of anilines is 1. The van der Waals surface area contributed by atoms with Gasteiger partial charge in [0, 0.05) is 36.6 Å². The first-order valence-corrected chi connectivity index (χ1v) is 17.5. The van der Waals surface area contributed by atoms with Gasteiger partial charge in [0.1, 0.15) is 55.4 Å². The highest BCUT2D eigenvalue weighted by Crippen LogP contribution is 2.50. The van der Waals surface area contributed by atoms with E-state index in [-0.39, 0.29) is 31.1 Å². The van der Waals surface area contributed by atoms with Crippen molar-refractivity contribution in [3.05, 3.63) is 66.4 Å². The molecule has 6 saturated heterocycles. The molecule has 13 nitrogen and oxygen atoms in total. The highest BCUT2D eigenvalue weighted by Gasteiger charge is 2.52. The van der Waals surface area contributed by atoms with Crippen LogP contribution in [0, 0.1) is 0 Å². The van der Waals surface area contributed by atoms with Gasteiger partial charge in [-0.1, -0.05) is 56.8 Å². The molecule has 1 amide bonds. The summed E-state index contributed by atoms with van der Waals surface area (Å²) in [6.07, 6.45) is -6.26. The Hall–Kier alpha value is -2.95. The van der Waals surface area contributed by atoms with Crippen molar-refractivity contribution in [1.82, 2.24) is 5.32 Å². The number of rotatable bonds is 10. The normalized spacial score (nSPS) is 34.6. The van der Waals surface area contributed by atoms with Crippen LogP contribution in [0.25, 0.3) is 10.8 Å². The first kappa shape index (κ1) is 36.8. The van der Waals surface area contributed by atoms with Crippen LogP contribution in [0.5, 0.6) is 0 Å². The minimum absolute atomic E-state index is 0.123. The number of nitrogens with zero attached hydrogens (tertiary/aromatic N) is 1. The molecule has 50 heavy (non-hydrogen) atoms. The van der Waals surface area contributed by atoms with Crippen LogP contribution >= 0.6 is 0 Å². The number of carbonyl (C=O) groups is 1. The Morgan fingerprint density at radius 1 is 1.02 bits per heavy atom. The SMILES string of the molecule is C=C/C=C1/N(CC(=O)NCCCO[C@H]2[C@H]3CCCO[C@H]4[C@H](O)[C@@H](O)[C@@H](OC([C@@H](CO)O3)[C@@H]2O)O[C@@H]4CO)c2ccc3ccccc3c2C1(C)C. The Labute approximate surface area is 292 Å². The summed E-state index contributed by atoms with van der Waals surface area (Å²) in [7, 11) is 0. The monoisotopic (exact) mass is 698 g/mol. The van der Waals surface area contributed by atoms with Crippen LogP contribution in [-0.4, -0.2) is 132 Å². The van der Waals surface area contributed by atoms with Gasteiger partial charge in [0.25, 0.3) is 0 Å². The quantitative estimate of drug-likeness (QED) is 0.195. The molecule has 0 aromatic heterocycles. The highest BCUT2D eigenvalue weighted by atomic mass is 16.7. The molecule has 7 heterocycles. The first-order valence-electron chi connectivity index (χ1n) is 17.5. The predicted molar refractivity (Wildman–Crippen MR) is 183 cm³/mol. The molecule has 10 atom stereocenters. The van der Waals surface area contributed by atoms with Gasteiger partial charge in [-0.2, -0.15) is 0 Å². The molecule has 9 rings (SSSR count). The smallest absolute Gasteiger partial charge is 0.239 e. The van der Waals surface area contributed by atoms with Crippen LogP contribution in [-0.2, 0) is 33.9 Å². The molecule has 6 N–H and O–H groups in total. The third-order valence-corrected chi connectivity index (χ3v) is 10.3. The van der Waals surface area contributed by atoms with E-state index in [9.17, 15) is 30.3 Å². The van der Waals surface area contributed by atoms with Crippen molar-refractivity contribution in [3.63, 3.8) is 0 Å². The number of hydrogen-bond donors (Lipinski definition) is 6. The maximum Gasteiger partial charge on any atom is 0.239 e. The molecule has 2 aromatic carbocycles. The number of ether oxygens (including phenoxy) is 5. The first-order chi connectivity index (χ1) is 24.1. The second kappa shape index (κ2) is 15.7. The summed E-state index contributed by atoms with van der Waals surface area (Å²) in [5.41, 5.74) is 2.80. The van der Waals surface area contributed by atoms with Crippen LogP contribution in [0.2, 0.25) is 0 Å².